The molecule has 4 N–H and O–H groups in total. The molecule has 6 nitrogen and oxygen atoms in total. The van der Waals surface area contributed by atoms with Gasteiger partial charge >= 0.3 is 5.97 Å². The number of amides is 1. The van der Waals surface area contributed by atoms with Crippen molar-refractivity contribution in [2.24, 2.45) is 0 Å². The Kier molecular flexibility index (Phi) is 7.80. The maximum Gasteiger partial charge on any atom is 0.303 e. The molecule has 1 aliphatic rings. The Balaban J connectivity index is 1.70. The topological polar surface area (TPSA) is 90.5 Å². The normalized spacial score (nSPS) is 14.7. The van der Waals surface area contributed by atoms with Crippen molar-refractivity contribution < 1.29 is 19.1 Å². The average Bonchev–Trinajstić information content (AvgIpc) is 3.19. The molecule has 36 heavy (non-hydrogen) atoms. The number of hydrogen-bond donors (Lipinski definition) is 4. The van der Waals surface area contributed by atoms with E-state index in [0.717, 1.165) is 35.3 Å². The zero-order valence-corrected chi connectivity index (χ0v) is 20.4. The first-order valence-electron chi connectivity index (χ1n) is 12.1. The fourth-order valence-corrected chi connectivity index (χ4v) is 4.24. The van der Waals surface area contributed by atoms with Crippen LogP contribution in [0.2, 0.25) is 0 Å². The predicted octanol–water partition coefficient (Wildman–Crippen LogP) is 5.84. The van der Waals surface area contributed by atoms with Crippen molar-refractivity contribution in [3.63, 3.8) is 0 Å². The van der Waals surface area contributed by atoms with E-state index in [9.17, 15) is 14.0 Å². The predicted molar refractivity (Wildman–Crippen MR) is 141 cm³/mol. The van der Waals surface area contributed by atoms with Crippen LogP contribution in [0.1, 0.15) is 55.0 Å². The summed E-state index contributed by atoms with van der Waals surface area (Å²) in [7, 11) is 0. The zero-order valence-electron chi connectivity index (χ0n) is 20.4. The molecule has 3 aromatic carbocycles. The van der Waals surface area contributed by atoms with Crippen LogP contribution in [-0.4, -0.2) is 23.5 Å². The maximum atomic E-state index is 13.8. The number of aryl methyl sites for hydroxylation is 1. The number of anilines is 2. The highest BCUT2D eigenvalue weighted by molar-refractivity contribution is 6.37. The Hall–Kier alpha value is -3.97. The van der Waals surface area contributed by atoms with Gasteiger partial charge in [0, 0.05) is 23.7 Å². The van der Waals surface area contributed by atoms with Crippen LogP contribution < -0.4 is 16.0 Å². The van der Waals surface area contributed by atoms with Crippen LogP contribution in [0.3, 0.4) is 0 Å². The minimum atomic E-state index is -0.849. The lowest BCUT2D eigenvalue weighted by atomic mass is 9.98. The third-order valence-electron chi connectivity index (χ3n) is 6.23. The monoisotopic (exact) mass is 487 g/mol. The number of nitrogens with one attached hydrogen (secondary N) is 3. The van der Waals surface area contributed by atoms with E-state index in [4.69, 9.17) is 5.11 Å². The van der Waals surface area contributed by atoms with Crippen molar-refractivity contribution in [1.29, 1.82) is 0 Å². The second-order valence-electron chi connectivity index (χ2n) is 8.91. The van der Waals surface area contributed by atoms with Crippen LogP contribution in [-0.2, 0) is 16.0 Å². The molecule has 1 amide bonds. The zero-order chi connectivity index (χ0) is 25.7. The SMILES string of the molecule is CCCNC(C)c1ccc(NC(=C2C(=O)Nc3cc(F)ccc32)c2ccc(CCC(=O)O)cc2)cc1. The molecule has 186 valence electrons. The Morgan fingerprint density at radius 3 is 2.44 bits per heavy atom. The van der Waals surface area contributed by atoms with Gasteiger partial charge in [-0.15, -0.1) is 0 Å². The number of carboxylic acids is 1. The molecule has 0 aromatic heterocycles. The third-order valence-corrected chi connectivity index (χ3v) is 6.23. The molecule has 0 saturated heterocycles. The van der Waals surface area contributed by atoms with Crippen LogP contribution in [0.5, 0.6) is 0 Å². The summed E-state index contributed by atoms with van der Waals surface area (Å²) in [6, 6.07) is 20.0. The van der Waals surface area contributed by atoms with Crippen LogP contribution in [0.4, 0.5) is 15.8 Å². The van der Waals surface area contributed by atoms with E-state index in [2.05, 4.69) is 29.8 Å². The minimum absolute atomic E-state index is 0.0464. The largest absolute Gasteiger partial charge is 0.481 e. The lowest BCUT2D eigenvalue weighted by molar-refractivity contribution is -0.137. The van der Waals surface area contributed by atoms with Gasteiger partial charge in [-0.2, -0.15) is 0 Å². The molecular formula is C29H30FN3O3. The molecule has 3 aromatic rings. The van der Waals surface area contributed by atoms with Gasteiger partial charge in [-0.1, -0.05) is 43.3 Å². The van der Waals surface area contributed by atoms with Gasteiger partial charge in [0.1, 0.15) is 5.82 Å². The molecule has 4 rings (SSSR count). The van der Waals surface area contributed by atoms with E-state index >= 15 is 0 Å². The van der Waals surface area contributed by atoms with Gasteiger partial charge < -0.3 is 21.1 Å². The van der Waals surface area contributed by atoms with Crippen LogP contribution in [0, 0.1) is 5.82 Å². The third kappa shape index (κ3) is 5.80. The number of fused-ring (bicyclic) bond motifs is 1. The van der Waals surface area contributed by atoms with Gasteiger partial charge in [0.2, 0.25) is 0 Å². The molecular weight excluding hydrogens is 457 g/mol. The molecule has 0 saturated carbocycles. The van der Waals surface area contributed by atoms with E-state index in [0.29, 0.717) is 28.9 Å². The van der Waals surface area contributed by atoms with Gasteiger partial charge in [0.05, 0.1) is 17.0 Å². The number of benzene rings is 3. The molecule has 1 heterocycles. The van der Waals surface area contributed by atoms with Gasteiger partial charge in [-0.25, -0.2) is 4.39 Å². The number of aliphatic carboxylic acids is 1. The molecule has 1 atom stereocenters. The van der Waals surface area contributed by atoms with E-state index in [1.165, 1.54) is 12.1 Å². The molecule has 7 heteroatoms. The van der Waals surface area contributed by atoms with Crippen LogP contribution >= 0.6 is 0 Å². The quantitative estimate of drug-likeness (QED) is 0.270. The lowest BCUT2D eigenvalue weighted by Gasteiger charge is -2.17. The summed E-state index contributed by atoms with van der Waals surface area (Å²) in [5, 5.41) is 18.6. The second kappa shape index (κ2) is 11.2. The summed E-state index contributed by atoms with van der Waals surface area (Å²) in [5.41, 5.74) is 5.68. The Morgan fingerprint density at radius 1 is 1.06 bits per heavy atom. The van der Waals surface area contributed by atoms with Gasteiger partial charge in [-0.3, -0.25) is 9.59 Å². The standard InChI is InChI=1S/C29H30FN3O3/c1-3-16-31-18(2)20-9-12-23(13-10-20)32-28(21-7-4-19(5-8-21)6-15-26(34)35)27-24-14-11-22(30)17-25(24)33-29(27)36/h4-5,7-14,17-18,31-32H,3,6,15-16H2,1-2H3,(H,33,36)(H,34,35). The highest BCUT2D eigenvalue weighted by atomic mass is 19.1. The van der Waals surface area contributed by atoms with Crippen molar-refractivity contribution in [1.82, 2.24) is 5.32 Å². The first kappa shape index (κ1) is 25.1. The van der Waals surface area contributed by atoms with Gasteiger partial charge in [-0.05, 0) is 73.3 Å². The number of carboxylic acid groups (broad SMARTS) is 1. The summed E-state index contributed by atoms with van der Waals surface area (Å²) in [5.74, 6) is -1.59. The molecule has 0 spiro atoms. The number of carbonyl (C=O) groups excluding carboxylic acids is 1. The van der Waals surface area contributed by atoms with Crippen LogP contribution in [0.25, 0.3) is 11.3 Å². The second-order valence-corrected chi connectivity index (χ2v) is 8.91. The number of rotatable bonds is 10. The van der Waals surface area contributed by atoms with E-state index < -0.39 is 11.8 Å². The van der Waals surface area contributed by atoms with Crippen molar-refractivity contribution in [3.05, 3.63) is 94.8 Å². The Labute approximate surface area is 210 Å². The van der Waals surface area contributed by atoms with E-state index in [-0.39, 0.29) is 18.4 Å². The average molecular weight is 488 g/mol. The maximum absolute atomic E-state index is 13.8. The van der Waals surface area contributed by atoms with Crippen LogP contribution in [0.15, 0.2) is 66.7 Å². The van der Waals surface area contributed by atoms with Gasteiger partial charge in [0.25, 0.3) is 5.91 Å². The Bertz CT molecular complexity index is 1280. The van der Waals surface area contributed by atoms with Gasteiger partial charge in [0.15, 0.2) is 0 Å². The molecule has 0 radical (unpaired) electrons. The summed E-state index contributed by atoms with van der Waals surface area (Å²) >= 11 is 0. The first-order valence-corrected chi connectivity index (χ1v) is 12.1. The number of hydrogen-bond acceptors (Lipinski definition) is 4. The minimum Gasteiger partial charge on any atom is -0.481 e. The molecule has 1 aliphatic heterocycles. The summed E-state index contributed by atoms with van der Waals surface area (Å²) in [6.45, 7) is 5.19. The van der Waals surface area contributed by atoms with Crippen molar-refractivity contribution in [3.8, 4) is 0 Å². The highest BCUT2D eigenvalue weighted by Crippen LogP contribution is 2.38. The molecule has 0 fully saturated rings. The van der Waals surface area contributed by atoms with Crippen molar-refractivity contribution >= 4 is 34.5 Å². The molecule has 1 unspecified atom stereocenters. The van der Waals surface area contributed by atoms with Crippen molar-refractivity contribution in [2.45, 2.75) is 39.2 Å². The fourth-order valence-electron chi connectivity index (χ4n) is 4.24. The smallest absolute Gasteiger partial charge is 0.303 e. The van der Waals surface area contributed by atoms with E-state index in [1.54, 1.807) is 6.07 Å². The van der Waals surface area contributed by atoms with E-state index in [1.807, 2.05) is 48.5 Å². The summed E-state index contributed by atoms with van der Waals surface area (Å²) in [4.78, 5) is 24.0. The number of carbonyl (C=O) groups is 2. The molecule has 0 bridgehead atoms. The fraction of sp³-hybridized carbons (Fsp3) is 0.241. The molecule has 0 aliphatic carbocycles. The highest BCUT2D eigenvalue weighted by Gasteiger charge is 2.29. The summed E-state index contributed by atoms with van der Waals surface area (Å²) in [6.07, 6.45) is 1.53. The number of halogens is 1. The van der Waals surface area contributed by atoms with Crippen molar-refractivity contribution in [2.75, 3.05) is 17.2 Å². The lowest BCUT2D eigenvalue weighted by Crippen LogP contribution is -2.19. The Morgan fingerprint density at radius 2 is 1.78 bits per heavy atom. The summed E-state index contributed by atoms with van der Waals surface area (Å²) < 4.78 is 13.8. The first-order chi connectivity index (χ1) is 17.4.